The van der Waals surface area contributed by atoms with Crippen molar-refractivity contribution < 1.29 is 18.3 Å². The van der Waals surface area contributed by atoms with Gasteiger partial charge in [-0.15, -0.1) is 0 Å². The first kappa shape index (κ1) is 19.9. The Morgan fingerprint density at radius 1 is 1.21 bits per heavy atom. The minimum atomic E-state index is -2.99. The zero-order chi connectivity index (χ0) is 20.3. The van der Waals surface area contributed by atoms with Gasteiger partial charge in [-0.05, 0) is 26.0 Å². The third-order valence-electron chi connectivity index (χ3n) is 4.77. The number of piperazine rings is 1. The predicted octanol–water partition coefficient (Wildman–Crippen LogP) is 2.20. The number of amides is 1. The Morgan fingerprint density at radius 2 is 1.89 bits per heavy atom. The van der Waals surface area contributed by atoms with Gasteiger partial charge in [-0.1, -0.05) is 12.1 Å². The first-order valence-electron chi connectivity index (χ1n) is 9.00. The van der Waals surface area contributed by atoms with Gasteiger partial charge in [-0.2, -0.15) is 8.78 Å². The van der Waals surface area contributed by atoms with Gasteiger partial charge in [0.1, 0.15) is 11.6 Å². The van der Waals surface area contributed by atoms with Crippen LogP contribution in [0.4, 0.5) is 8.78 Å². The van der Waals surface area contributed by atoms with Crippen molar-refractivity contribution in [2.75, 3.05) is 26.2 Å². The number of carbonyl (C=O) groups is 1. The Hall–Kier alpha value is -2.81. The molecule has 1 aliphatic heterocycles. The maximum absolute atomic E-state index is 12.8. The molecule has 0 aliphatic carbocycles. The van der Waals surface area contributed by atoms with Crippen LogP contribution in [0.2, 0.25) is 0 Å². The van der Waals surface area contributed by atoms with E-state index in [0.29, 0.717) is 37.7 Å². The summed E-state index contributed by atoms with van der Waals surface area (Å²) < 4.78 is 29.6. The number of aromatic amines is 1. The van der Waals surface area contributed by atoms with E-state index >= 15 is 0 Å². The summed E-state index contributed by atoms with van der Waals surface area (Å²) in [6, 6.07) is 7.33. The fraction of sp³-hybridized carbons (Fsp3) is 0.421. The Morgan fingerprint density at radius 3 is 2.54 bits per heavy atom. The number of hydrogen-bond donors (Lipinski definition) is 1. The number of aromatic nitrogens is 2. The summed E-state index contributed by atoms with van der Waals surface area (Å²) in [5.74, 6) is 0.117. The molecule has 1 aromatic heterocycles. The lowest BCUT2D eigenvalue weighted by atomic mass is 10.1. The number of hydrogen-bond acceptors (Lipinski definition) is 5. The molecule has 0 bridgehead atoms. The van der Waals surface area contributed by atoms with E-state index in [4.69, 9.17) is 0 Å². The summed E-state index contributed by atoms with van der Waals surface area (Å²) in [7, 11) is 0. The van der Waals surface area contributed by atoms with Crippen molar-refractivity contribution in [1.29, 1.82) is 0 Å². The number of nitrogens with zero attached hydrogens (tertiary/aromatic N) is 3. The molecule has 0 radical (unpaired) electrons. The van der Waals surface area contributed by atoms with Gasteiger partial charge in [-0.3, -0.25) is 14.5 Å². The number of ether oxygens (including phenoxy) is 1. The predicted molar refractivity (Wildman–Crippen MR) is 98.6 cm³/mol. The highest BCUT2D eigenvalue weighted by Gasteiger charge is 2.28. The molecule has 0 spiro atoms. The molecule has 3 rings (SSSR count). The van der Waals surface area contributed by atoms with E-state index in [0.717, 1.165) is 0 Å². The Kier molecular flexibility index (Phi) is 6.03. The molecule has 1 aromatic carbocycles. The van der Waals surface area contributed by atoms with Crippen LogP contribution < -0.4 is 10.3 Å². The number of nitrogens with one attached hydrogen (secondary N) is 1. The average molecular weight is 392 g/mol. The van der Waals surface area contributed by atoms with Gasteiger partial charge in [-0.25, -0.2) is 4.98 Å². The number of rotatable bonds is 5. The van der Waals surface area contributed by atoms with Crippen LogP contribution in [0.25, 0.3) is 0 Å². The molecular formula is C19H22F2N4O3. The van der Waals surface area contributed by atoms with Gasteiger partial charge in [0.05, 0.1) is 11.6 Å². The van der Waals surface area contributed by atoms with E-state index in [2.05, 4.69) is 19.6 Å². The maximum atomic E-state index is 12.8. The molecule has 0 unspecified atom stereocenters. The summed E-state index contributed by atoms with van der Waals surface area (Å²) in [4.78, 5) is 35.3. The first-order chi connectivity index (χ1) is 13.3. The van der Waals surface area contributed by atoms with Crippen LogP contribution >= 0.6 is 0 Å². The number of halogens is 2. The van der Waals surface area contributed by atoms with E-state index in [-0.39, 0.29) is 28.8 Å². The zero-order valence-corrected chi connectivity index (χ0v) is 15.7. The molecule has 1 fully saturated rings. The molecule has 0 saturated carbocycles. The highest BCUT2D eigenvalue weighted by atomic mass is 19.3. The number of alkyl halides is 2. The molecule has 1 aliphatic rings. The molecule has 150 valence electrons. The molecule has 1 atom stereocenters. The van der Waals surface area contributed by atoms with Crippen LogP contribution in [0.3, 0.4) is 0 Å². The molecule has 2 heterocycles. The summed E-state index contributed by atoms with van der Waals surface area (Å²) in [6.07, 6.45) is 0. The van der Waals surface area contributed by atoms with Crippen LogP contribution in [0.1, 0.15) is 34.8 Å². The second kappa shape index (κ2) is 8.47. The lowest BCUT2D eigenvalue weighted by molar-refractivity contribution is -0.0503. The van der Waals surface area contributed by atoms with Crippen molar-refractivity contribution in [1.82, 2.24) is 19.8 Å². The molecule has 1 amide bonds. The van der Waals surface area contributed by atoms with Crippen molar-refractivity contribution in [3.8, 4) is 5.75 Å². The highest BCUT2D eigenvalue weighted by molar-refractivity contribution is 5.97. The monoisotopic (exact) mass is 392 g/mol. The normalized spacial score (nSPS) is 16.2. The Bertz CT molecular complexity index is 895. The van der Waals surface area contributed by atoms with Crippen LogP contribution in [0.15, 0.2) is 35.1 Å². The Labute approximate surface area is 160 Å². The van der Waals surface area contributed by atoms with Gasteiger partial charge in [0.2, 0.25) is 0 Å². The number of carbonyl (C=O) groups excluding carboxylic acids is 1. The molecule has 7 nitrogen and oxygen atoms in total. The number of para-hydroxylation sites is 1. The van der Waals surface area contributed by atoms with Crippen LogP contribution in [0.5, 0.6) is 5.75 Å². The summed E-state index contributed by atoms with van der Waals surface area (Å²) in [5, 5.41) is 0. The third-order valence-corrected chi connectivity index (χ3v) is 4.77. The van der Waals surface area contributed by atoms with Crippen molar-refractivity contribution in [2.45, 2.75) is 26.5 Å². The topological polar surface area (TPSA) is 78.5 Å². The van der Waals surface area contributed by atoms with Crippen molar-refractivity contribution in [2.24, 2.45) is 0 Å². The van der Waals surface area contributed by atoms with E-state index in [9.17, 15) is 18.4 Å². The first-order valence-corrected chi connectivity index (χ1v) is 9.00. The van der Waals surface area contributed by atoms with E-state index in [1.54, 1.807) is 24.0 Å². The van der Waals surface area contributed by atoms with Gasteiger partial charge in [0, 0.05) is 37.9 Å². The number of benzene rings is 1. The Balaban J connectivity index is 1.67. The molecule has 2 aromatic rings. The van der Waals surface area contributed by atoms with Crippen molar-refractivity contribution in [3.63, 3.8) is 0 Å². The van der Waals surface area contributed by atoms with Gasteiger partial charge in [0.25, 0.3) is 11.5 Å². The lowest BCUT2D eigenvalue weighted by Gasteiger charge is -2.37. The molecule has 1 saturated heterocycles. The fourth-order valence-corrected chi connectivity index (χ4v) is 3.30. The quantitative estimate of drug-likeness (QED) is 0.844. The van der Waals surface area contributed by atoms with Crippen LogP contribution in [-0.4, -0.2) is 58.5 Å². The smallest absolute Gasteiger partial charge is 0.387 e. The summed E-state index contributed by atoms with van der Waals surface area (Å²) in [6.45, 7) is 2.73. The third kappa shape index (κ3) is 4.53. The SMILES string of the molecule is Cc1cc(=O)[nH]c([C@H](C)N2CCN(C(=O)c3ccccc3OC(F)F)CC2)n1. The van der Waals surface area contributed by atoms with Crippen molar-refractivity contribution in [3.05, 3.63) is 57.8 Å². The largest absolute Gasteiger partial charge is 0.434 e. The average Bonchev–Trinajstić information content (AvgIpc) is 2.66. The van der Waals surface area contributed by atoms with Crippen LogP contribution in [-0.2, 0) is 0 Å². The lowest BCUT2D eigenvalue weighted by Crippen LogP contribution is -2.49. The van der Waals surface area contributed by atoms with Crippen LogP contribution in [0, 0.1) is 6.92 Å². The second-order valence-electron chi connectivity index (χ2n) is 6.65. The summed E-state index contributed by atoms with van der Waals surface area (Å²) >= 11 is 0. The summed E-state index contributed by atoms with van der Waals surface area (Å²) in [5.41, 5.74) is 0.572. The minimum Gasteiger partial charge on any atom is -0.434 e. The molecule has 9 heteroatoms. The van der Waals surface area contributed by atoms with E-state index in [1.807, 2.05) is 6.92 Å². The van der Waals surface area contributed by atoms with Gasteiger partial charge in [0.15, 0.2) is 0 Å². The van der Waals surface area contributed by atoms with Gasteiger partial charge >= 0.3 is 6.61 Å². The molecule has 1 N–H and O–H groups in total. The van der Waals surface area contributed by atoms with Crippen molar-refractivity contribution >= 4 is 5.91 Å². The maximum Gasteiger partial charge on any atom is 0.387 e. The number of H-pyrrole nitrogens is 1. The highest BCUT2D eigenvalue weighted by Crippen LogP contribution is 2.24. The van der Waals surface area contributed by atoms with E-state index in [1.165, 1.54) is 18.2 Å². The second-order valence-corrected chi connectivity index (χ2v) is 6.65. The fourth-order valence-electron chi connectivity index (χ4n) is 3.30. The molecular weight excluding hydrogens is 370 g/mol. The minimum absolute atomic E-state index is 0.112. The van der Waals surface area contributed by atoms with Gasteiger partial charge < -0.3 is 14.6 Å². The van der Waals surface area contributed by atoms with E-state index < -0.39 is 6.61 Å². The zero-order valence-electron chi connectivity index (χ0n) is 15.7. The molecule has 28 heavy (non-hydrogen) atoms. The number of aryl methyl sites for hydroxylation is 1. The standard InChI is InChI=1S/C19H22F2N4O3/c1-12-11-16(26)23-17(22-12)13(2)24-7-9-25(10-8-24)18(27)14-5-3-4-6-15(14)28-19(20)21/h3-6,11,13,19H,7-10H2,1-2H3,(H,22,23,26)/t13-/m0/s1.